The summed E-state index contributed by atoms with van der Waals surface area (Å²) in [6.07, 6.45) is 3.66. The molecule has 1 aromatic rings. The van der Waals surface area contributed by atoms with Crippen molar-refractivity contribution in [2.75, 3.05) is 31.5 Å². The number of para-hydroxylation sites is 1. The first-order valence-corrected chi connectivity index (χ1v) is 8.11. The van der Waals surface area contributed by atoms with Crippen molar-refractivity contribution in [1.29, 1.82) is 0 Å². The van der Waals surface area contributed by atoms with E-state index in [9.17, 15) is 9.59 Å². The first-order valence-electron chi connectivity index (χ1n) is 8.11. The lowest BCUT2D eigenvalue weighted by Crippen LogP contribution is -2.43. The Hall–Kier alpha value is -2.04. The highest BCUT2D eigenvalue weighted by atomic mass is 16.2. The molecule has 5 heteroatoms. The third-order valence-electron chi connectivity index (χ3n) is 4.58. The largest absolute Gasteiger partial charge is 0.342 e. The van der Waals surface area contributed by atoms with Crippen LogP contribution >= 0.6 is 0 Å². The third-order valence-corrected chi connectivity index (χ3v) is 4.58. The molecule has 2 aliphatic rings. The number of piperidine rings is 1. The molecule has 1 N–H and O–H groups in total. The number of urea groups is 1. The first kappa shape index (κ1) is 14.9. The highest BCUT2D eigenvalue weighted by Gasteiger charge is 2.27. The number of nitrogens with zero attached hydrogens (tertiary/aromatic N) is 2. The molecule has 0 atom stereocenters. The van der Waals surface area contributed by atoms with Gasteiger partial charge in [-0.1, -0.05) is 18.2 Å². The average Bonchev–Trinajstić information content (AvgIpc) is 2.94. The minimum absolute atomic E-state index is 0.0260. The number of amides is 3. The van der Waals surface area contributed by atoms with Gasteiger partial charge in [0.15, 0.2) is 0 Å². The molecule has 0 aliphatic carbocycles. The minimum Gasteiger partial charge on any atom is -0.342 e. The Morgan fingerprint density at radius 2 is 1.86 bits per heavy atom. The van der Waals surface area contributed by atoms with E-state index in [1.165, 1.54) is 0 Å². The van der Waals surface area contributed by atoms with E-state index in [1.54, 1.807) is 0 Å². The molecule has 2 heterocycles. The number of carbonyl (C=O) groups excluding carboxylic acids is 2. The van der Waals surface area contributed by atoms with E-state index in [-0.39, 0.29) is 6.03 Å². The van der Waals surface area contributed by atoms with Gasteiger partial charge >= 0.3 is 6.03 Å². The Morgan fingerprint density at radius 1 is 1.14 bits per heavy atom. The van der Waals surface area contributed by atoms with Crippen molar-refractivity contribution in [3.63, 3.8) is 0 Å². The van der Waals surface area contributed by atoms with Crippen LogP contribution in [0.5, 0.6) is 0 Å². The van der Waals surface area contributed by atoms with Crippen molar-refractivity contribution >= 4 is 17.6 Å². The van der Waals surface area contributed by atoms with Gasteiger partial charge in [-0.05, 0) is 37.3 Å². The predicted molar refractivity (Wildman–Crippen MR) is 85.6 cm³/mol. The van der Waals surface area contributed by atoms with Crippen LogP contribution in [-0.4, -0.2) is 47.9 Å². The third kappa shape index (κ3) is 3.59. The predicted octanol–water partition coefficient (Wildman–Crippen LogP) is 2.55. The van der Waals surface area contributed by atoms with Crippen LogP contribution in [0, 0.1) is 5.92 Å². The minimum atomic E-state index is -0.0260. The van der Waals surface area contributed by atoms with E-state index in [1.807, 2.05) is 40.1 Å². The molecular formula is C17H23N3O2. The Balaban J connectivity index is 1.45. The molecular weight excluding hydrogens is 278 g/mol. The Bertz CT molecular complexity index is 524. The van der Waals surface area contributed by atoms with Gasteiger partial charge in [0.1, 0.15) is 0 Å². The molecule has 0 bridgehead atoms. The Morgan fingerprint density at radius 3 is 2.50 bits per heavy atom. The molecule has 5 nitrogen and oxygen atoms in total. The van der Waals surface area contributed by atoms with Crippen LogP contribution in [0.4, 0.5) is 10.5 Å². The zero-order valence-electron chi connectivity index (χ0n) is 12.8. The maximum Gasteiger partial charge on any atom is 0.321 e. The van der Waals surface area contributed by atoms with Gasteiger partial charge in [-0.3, -0.25) is 4.79 Å². The Kier molecular flexibility index (Phi) is 4.61. The number of likely N-dealkylation sites (tertiary alicyclic amines) is 2. The monoisotopic (exact) mass is 301 g/mol. The quantitative estimate of drug-likeness (QED) is 0.933. The van der Waals surface area contributed by atoms with Gasteiger partial charge in [0.2, 0.25) is 5.91 Å². The van der Waals surface area contributed by atoms with Gasteiger partial charge in [0, 0.05) is 38.3 Å². The molecule has 0 saturated carbocycles. The van der Waals surface area contributed by atoms with E-state index in [0.29, 0.717) is 18.2 Å². The summed E-state index contributed by atoms with van der Waals surface area (Å²) in [4.78, 5) is 27.8. The van der Waals surface area contributed by atoms with Crippen molar-refractivity contribution in [1.82, 2.24) is 9.80 Å². The van der Waals surface area contributed by atoms with Crippen molar-refractivity contribution in [3.8, 4) is 0 Å². The van der Waals surface area contributed by atoms with Crippen molar-refractivity contribution < 1.29 is 9.59 Å². The second kappa shape index (κ2) is 6.81. The highest BCUT2D eigenvalue weighted by Crippen LogP contribution is 2.21. The first-order chi connectivity index (χ1) is 10.7. The lowest BCUT2D eigenvalue weighted by atomic mass is 9.96. The highest BCUT2D eigenvalue weighted by molar-refractivity contribution is 5.89. The molecule has 2 saturated heterocycles. The molecule has 3 amide bonds. The van der Waals surface area contributed by atoms with Gasteiger partial charge < -0.3 is 15.1 Å². The standard InChI is InChI=1S/C17H23N3O2/c21-16-7-4-10-20(16)13-14-8-11-19(12-9-14)17(22)18-15-5-2-1-3-6-15/h1-3,5-6,14H,4,7-13H2,(H,18,22). The van der Waals surface area contributed by atoms with E-state index >= 15 is 0 Å². The fourth-order valence-electron chi connectivity index (χ4n) is 3.25. The molecule has 0 aromatic heterocycles. The smallest absolute Gasteiger partial charge is 0.321 e. The summed E-state index contributed by atoms with van der Waals surface area (Å²) in [5, 5.41) is 2.93. The molecule has 1 aromatic carbocycles. The summed E-state index contributed by atoms with van der Waals surface area (Å²) < 4.78 is 0. The Labute approximate surface area is 131 Å². The topological polar surface area (TPSA) is 52.7 Å². The maximum absolute atomic E-state index is 12.2. The number of hydrogen-bond donors (Lipinski definition) is 1. The number of nitrogens with one attached hydrogen (secondary N) is 1. The van der Waals surface area contributed by atoms with E-state index in [4.69, 9.17) is 0 Å². The normalized spacial score (nSPS) is 19.5. The molecule has 22 heavy (non-hydrogen) atoms. The van der Waals surface area contributed by atoms with E-state index < -0.39 is 0 Å². The van der Waals surface area contributed by atoms with Crippen LogP contribution in [0.1, 0.15) is 25.7 Å². The van der Waals surface area contributed by atoms with Crippen LogP contribution in [-0.2, 0) is 4.79 Å². The molecule has 2 fully saturated rings. The molecule has 0 unspecified atom stereocenters. The summed E-state index contributed by atoms with van der Waals surface area (Å²) >= 11 is 0. The number of rotatable bonds is 3. The van der Waals surface area contributed by atoms with E-state index in [2.05, 4.69) is 5.32 Å². The summed E-state index contributed by atoms with van der Waals surface area (Å²) in [7, 11) is 0. The van der Waals surface area contributed by atoms with Gasteiger partial charge in [-0.2, -0.15) is 0 Å². The molecule has 0 radical (unpaired) electrons. The summed E-state index contributed by atoms with van der Waals surface area (Å²) in [6, 6.07) is 9.51. The van der Waals surface area contributed by atoms with E-state index in [0.717, 1.165) is 51.1 Å². The zero-order valence-corrected chi connectivity index (χ0v) is 12.8. The van der Waals surface area contributed by atoms with Gasteiger partial charge in [-0.25, -0.2) is 4.79 Å². The SMILES string of the molecule is O=C1CCCN1CC1CCN(C(=O)Nc2ccccc2)CC1. The summed E-state index contributed by atoms with van der Waals surface area (Å²) in [5.74, 6) is 0.826. The van der Waals surface area contributed by atoms with Gasteiger partial charge in [0.25, 0.3) is 0 Å². The van der Waals surface area contributed by atoms with Gasteiger partial charge in [-0.15, -0.1) is 0 Å². The molecule has 118 valence electrons. The second-order valence-corrected chi connectivity index (χ2v) is 6.17. The van der Waals surface area contributed by atoms with Crippen LogP contribution in [0.15, 0.2) is 30.3 Å². The van der Waals surface area contributed by atoms with Crippen molar-refractivity contribution in [3.05, 3.63) is 30.3 Å². The summed E-state index contributed by atoms with van der Waals surface area (Å²) in [6.45, 7) is 3.32. The van der Waals surface area contributed by atoms with Crippen molar-refractivity contribution in [2.24, 2.45) is 5.92 Å². The number of carbonyl (C=O) groups is 2. The molecule has 2 aliphatic heterocycles. The lowest BCUT2D eigenvalue weighted by Gasteiger charge is -2.33. The van der Waals surface area contributed by atoms with Crippen LogP contribution in [0.25, 0.3) is 0 Å². The number of hydrogen-bond acceptors (Lipinski definition) is 2. The maximum atomic E-state index is 12.2. The summed E-state index contributed by atoms with van der Waals surface area (Å²) in [5.41, 5.74) is 0.831. The molecule has 3 rings (SSSR count). The van der Waals surface area contributed by atoms with Crippen LogP contribution in [0.3, 0.4) is 0 Å². The zero-order chi connectivity index (χ0) is 15.4. The average molecular weight is 301 g/mol. The lowest BCUT2D eigenvalue weighted by molar-refractivity contribution is -0.128. The van der Waals surface area contributed by atoms with Crippen LogP contribution in [0.2, 0.25) is 0 Å². The number of benzene rings is 1. The van der Waals surface area contributed by atoms with Crippen LogP contribution < -0.4 is 5.32 Å². The second-order valence-electron chi connectivity index (χ2n) is 6.17. The van der Waals surface area contributed by atoms with Crippen molar-refractivity contribution in [2.45, 2.75) is 25.7 Å². The fraction of sp³-hybridized carbons (Fsp3) is 0.529. The fourth-order valence-corrected chi connectivity index (χ4v) is 3.25. The molecule has 0 spiro atoms. The van der Waals surface area contributed by atoms with Gasteiger partial charge in [0.05, 0.1) is 0 Å². The number of anilines is 1.